The summed E-state index contributed by atoms with van der Waals surface area (Å²) in [6.45, 7) is 2.46. The lowest BCUT2D eigenvalue weighted by atomic mass is 9.86. The van der Waals surface area contributed by atoms with E-state index in [1.807, 2.05) is 13.0 Å². The van der Waals surface area contributed by atoms with Gasteiger partial charge < -0.3 is 10.5 Å². The maximum atomic E-state index is 8.87. The van der Waals surface area contributed by atoms with Crippen molar-refractivity contribution in [1.82, 2.24) is 9.97 Å². The van der Waals surface area contributed by atoms with Crippen LogP contribution in [0.4, 0.5) is 0 Å². The third-order valence-corrected chi connectivity index (χ3v) is 3.35. The van der Waals surface area contributed by atoms with Crippen LogP contribution in [0.1, 0.15) is 37.1 Å². The third-order valence-electron chi connectivity index (χ3n) is 3.35. The lowest BCUT2D eigenvalue weighted by Gasteiger charge is -2.30. The summed E-state index contributed by atoms with van der Waals surface area (Å²) in [7, 11) is 0. The molecule has 18 heavy (non-hydrogen) atoms. The second-order valence-corrected chi connectivity index (χ2v) is 4.73. The molecule has 2 N–H and O–H groups in total. The molecule has 2 unspecified atom stereocenters. The van der Waals surface area contributed by atoms with Gasteiger partial charge in [0.05, 0.1) is 0 Å². The zero-order valence-electron chi connectivity index (χ0n) is 10.6. The largest absolute Gasteiger partial charge is 0.460 e. The summed E-state index contributed by atoms with van der Waals surface area (Å²) >= 11 is 0. The molecule has 1 aromatic heterocycles. The predicted octanol–water partition coefficient (Wildman–Crippen LogP) is 1.55. The molecule has 1 saturated carbocycles. The first-order valence-electron chi connectivity index (χ1n) is 6.35. The second-order valence-electron chi connectivity index (χ2n) is 4.73. The van der Waals surface area contributed by atoms with E-state index in [1.54, 1.807) is 6.07 Å². The molecule has 1 aromatic rings. The van der Waals surface area contributed by atoms with Crippen LogP contribution in [-0.2, 0) is 0 Å². The molecule has 0 spiro atoms. The van der Waals surface area contributed by atoms with Crippen LogP contribution in [0.2, 0.25) is 0 Å². The molecule has 0 radical (unpaired) electrons. The van der Waals surface area contributed by atoms with E-state index in [0.29, 0.717) is 24.2 Å². The molecule has 5 heteroatoms. The van der Waals surface area contributed by atoms with Gasteiger partial charge in [-0.25, -0.2) is 4.98 Å². The van der Waals surface area contributed by atoms with E-state index in [2.05, 4.69) is 9.97 Å². The van der Waals surface area contributed by atoms with Gasteiger partial charge >= 0.3 is 6.01 Å². The number of rotatable bonds is 3. The number of aromatic nitrogens is 2. The monoisotopic (exact) mass is 246 g/mol. The van der Waals surface area contributed by atoms with Crippen LogP contribution in [0.15, 0.2) is 6.07 Å². The Bertz CT molecular complexity index is 455. The van der Waals surface area contributed by atoms with Gasteiger partial charge in [0, 0.05) is 11.6 Å². The molecule has 1 aliphatic rings. The van der Waals surface area contributed by atoms with Crippen molar-refractivity contribution in [2.75, 3.05) is 6.54 Å². The molecule has 2 atom stereocenters. The number of hydrogen-bond donors (Lipinski definition) is 1. The van der Waals surface area contributed by atoms with Gasteiger partial charge in [-0.05, 0) is 38.8 Å². The van der Waals surface area contributed by atoms with Gasteiger partial charge in [-0.1, -0.05) is 6.42 Å². The fraction of sp³-hybridized carbons (Fsp3) is 0.615. The van der Waals surface area contributed by atoms with E-state index in [-0.39, 0.29) is 6.10 Å². The van der Waals surface area contributed by atoms with Crippen molar-refractivity contribution in [3.05, 3.63) is 17.5 Å². The number of nitrogens with two attached hydrogens (primary N) is 1. The van der Waals surface area contributed by atoms with Crippen LogP contribution < -0.4 is 10.5 Å². The topological polar surface area (TPSA) is 84.8 Å². The van der Waals surface area contributed by atoms with Crippen LogP contribution >= 0.6 is 0 Å². The van der Waals surface area contributed by atoms with Gasteiger partial charge in [0.2, 0.25) is 0 Å². The van der Waals surface area contributed by atoms with E-state index < -0.39 is 0 Å². The van der Waals surface area contributed by atoms with Crippen molar-refractivity contribution < 1.29 is 4.74 Å². The van der Waals surface area contributed by atoms with Crippen molar-refractivity contribution >= 4 is 0 Å². The summed E-state index contributed by atoms with van der Waals surface area (Å²) in [4.78, 5) is 8.30. The predicted molar refractivity (Wildman–Crippen MR) is 66.9 cm³/mol. The van der Waals surface area contributed by atoms with Crippen molar-refractivity contribution in [3.63, 3.8) is 0 Å². The maximum absolute atomic E-state index is 8.87. The summed E-state index contributed by atoms with van der Waals surface area (Å²) < 4.78 is 5.83. The molecule has 5 nitrogen and oxygen atoms in total. The summed E-state index contributed by atoms with van der Waals surface area (Å²) in [5.41, 5.74) is 6.85. The summed E-state index contributed by atoms with van der Waals surface area (Å²) in [5.74, 6) is 0.369. The quantitative estimate of drug-likeness (QED) is 0.874. The maximum Gasteiger partial charge on any atom is 0.318 e. The average molecular weight is 246 g/mol. The van der Waals surface area contributed by atoms with Gasteiger partial charge in [0.1, 0.15) is 17.9 Å². The Morgan fingerprint density at radius 2 is 2.22 bits per heavy atom. The first kappa shape index (κ1) is 12.8. The summed E-state index contributed by atoms with van der Waals surface area (Å²) in [5, 5.41) is 8.87. The van der Waals surface area contributed by atoms with Gasteiger partial charge in [-0.2, -0.15) is 10.2 Å². The molecule has 2 rings (SSSR count). The normalized spacial score (nSPS) is 23.4. The number of hydrogen-bond acceptors (Lipinski definition) is 5. The molecular weight excluding hydrogens is 228 g/mol. The van der Waals surface area contributed by atoms with Gasteiger partial charge in [-0.3, -0.25) is 0 Å². The Hall–Kier alpha value is -1.67. The van der Waals surface area contributed by atoms with Crippen molar-refractivity contribution in [2.24, 2.45) is 11.7 Å². The van der Waals surface area contributed by atoms with E-state index in [4.69, 9.17) is 15.7 Å². The molecule has 0 bridgehead atoms. The first-order valence-corrected chi connectivity index (χ1v) is 6.35. The molecule has 0 saturated heterocycles. The number of aryl methyl sites for hydroxylation is 1. The Balaban J connectivity index is 2.12. The zero-order chi connectivity index (χ0) is 13.0. The van der Waals surface area contributed by atoms with Crippen LogP contribution in [0, 0.1) is 24.2 Å². The summed E-state index contributed by atoms with van der Waals surface area (Å²) in [6.07, 6.45) is 4.52. The third kappa shape index (κ3) is 2.96. The zero-order valence-corrected chi connectivity index (χ0v) is 10.6. The molecule has 0 aromatic carbocycles. The Kier molecular flexibility index (Phi) is 4.11. The standard InChI is InChI=1S/C13H18N4O/c1-9-6-11(8-15)17-13(16-9)18-12-5-3-2-4-10(12)7-14/h6,10,12H,2-5,7,14H2,1H3. The fourth-order valence-electron chi connectivity index (χ4n) is 2.39. The minimum absolute atomic E-state index is 0.0806. The summed E-state index contributed by atoms with van der Waals surface area (Å²) in [6, 6.07) is 3.96. The highest BCUT2D eigenvalue weighted by molar-refractivity contribution is 5.23. The van der Waals surface area contributed by atoms with Crippen LogP contribution in [0.5, 0.6) is 6.01 Å². The lowest BCUT2D eigenvalue weighted by Crippen LogP contribution is -2.35. The molecule has 1 aliphatic carbocycles. The van der Waals surface area contributed by atoms with Crippen molar-refractivity contribution in [3.8, 4) is 12.1 Å². The van der Waals surface area contributed by atoms with E-state index >= 15 is 0 Å². The fourth-order valence-corrected chi connectivity index (χ4v) is 2.39. The molecular formula is C13H18N4O. The molecule has 96 valence electrons. The van der Waals surface area contributed by atoms with Crippen LogP contribution in [0.3, 0.4) is 0 Å². The van der Waals surface area contributed by atoms with Gasteiger partial charge in [0.15, 0.2) is 0 Å². The minimum Gasteiger partial charge on any atom is -0.460 e. The molecule has 0 amide bonds. The van der Waals surface area contributed by atoms with Crippen molar-refractivity contribution in [2.45, 2.75) is 38.7 Å². The van der Waals surface area contributed by atoms with Crippen LogP contribution in [0.25, 0.3) is 0 Å². The van der Waals surface area contributed by atoms with Gasteiger partial charge in [-0.15, -0.1) is 0 Å². The average Bonchev–Trinajstić information content (AvgIpc) is 2.38. The Labute approximate surface area is 107 Å². The first-order chi connectivity index (χ1) is 8.72. The second kappa shape index (κ2) is 5.78. The minimum atomic E-state index is 0.0806. The molecule has 0 aliphatic heterocycles. The number of nitriles is 1. The smallest absolute Gasteiger partial charge is 0.318 e. The lowest BCUT2D eigenvalue weighted by molar-refractivity contribution is 0.0869. The van der Waals surface area contributed by atoms with Crippen molar-refractivity contribution in [1.29, 1.82) is 5.26 Å². The highest BCUT2D eigenvalue weighted by atomic mass is 16.5. The molecule has 1 heterocycles. The SMILES string of the molecule is Cc1cc(C#N)nc(OC2CCCCC2CN)n1. The van der Waals surface area contributed by atoms with E-state index in [1.165, 1.54) is 6.42 Å². The molecule has 1 fully saturated rings. The van der Waals surface area contributed by atoms with E-state index in [9.17, 15) is 0 Å². The highest BCUT2D eigenvalue weighted by Gasteiger charge is 2.26. The Morgan fingerprint density at radius 3 is 2.94 bits per heavy atom. The highest BCUT2D eigenvalue weighted by Crippen LogP contribution is 2.26. The van der Waals surface area contributed by atoms with E-state index in [0.717, 1.165) is 25.0 Å². The van der Waals surface area contributed by atoms with Gasteiger partial charge in [0.25, 0.3) is 0 Å². The number of nitrogens with zero attached hydrogens (tertiary/aromatic N) is 3. The van der Waals surface area contributed by atoms with Crippen LogP contribution in [-0.4, -0.2) is 22.6 Å². The number of ether oxygens (including phenoxy) is 1. The Morgan fingerprint density at radius 1 is 1.44 bits per heavy atom.